The van der Waals surface area contributed by atoms with Crippen molar-refractivity contribution in [2.45, 2.75) is 6.92 Å². The van der Waals surface area contributed by atoms with E-state index >= 15 is 0 Å². The second kappa shape index (κ2) is 3.34. The Morgan fingerprint density at radius 1 is 1.42 bits per heavy atom. The zero-order valence-electron chi connectivity index (χ0n) is 6.60. The summed E-state index contributed by atoms with van der Waals surface area (Å²) in [5.41, 5.74) is 0. The molecular weight excluding hydrogens is 162 g/mol. The highest BCUT2D eigenvalue weighted by Crippen LogP contribution is 2.19. The molecule has 0 heterocycles. The normalized spacial score (nSPS) is 9.58. The zero-order valence-corrected chi connectivity index (χ0v) is 6.60. The summed E-state index contributed by atoms with van der Waals surface area (Å²) in [4.78, 5) is 0. The lowest BCUT2D eigenvalue weighted by atomic mass is 10.3. The molecule has 1 aromatic carbocycles. The third kappa shape index (κ3) is 2.05. The van der Waals surface area contributed by atoms with Crippen molar-refractivity contribution in [1.29, 1.82) is 0 Å². The van der Waals surface area contributed by atoms with Crippen LogP contribution in [-0.4, -0.2) is 0 Å². The molecule has 12 heavy (non-hydrogen) atoms. The van der Waals surface area contributed by atoms with Crippen molar-refractivity contribution in [2.24, 2.45) is 0 Å². The van der Waals surface area contributed by atoms with E-state index in [9.17, 15) is 8.78 Å². The van der Waals surface area contributed by atoms with Crippen LogP contribution in [0.2, 0.25) is 0 Å². The maximum Gasteiger partial charge on any atom is 0.168 e. The van der Waals surface area contributed by atoms with Crippen LogP contribution in [0.15, 0.2) is 30.5 Å². The van der Waals surface area contributed by atoms with E-state index in [0.717, 1.165) is 12.1 Å². The van der Waals surface area contributed by atoms with Gasteiger partial charge < -0.3 is 4.74 Å². The number of hydrogen-bond acceptors (Lipinski definition) is 1. The lowest BCUT2D eigenvalue weighted by molar-refractivity contribution is 0.398. The minimum atomic E-state index is -0.724. The fraction of sp³-hybridized carbons (Fsp3) is 0.111. The van der Waals surface area contributed by atoms with Gasteiger partial charge in [0.1, 0.15) is 5.82 Å². The van der Waals surface area contributed by atoms with Crippen LogP contribution in [0.3, 0.4) is 0 Å². The van der Waals surface area contributed by atoms with E-state index in [1.807, 2.05) is 0 Å². The van der Waals surface area contributed by atoms with Crippen molar-refractivity contribution >= 4 is 0 Å². The number of ether oxygens (including phenoxy) is 1. The summed E-state index contributed by atoms with van der Waals surface area (Å²) in [6, 6.07) is 3.11. The summed E-state index contributed by atoms with van der Waals surface area (Å²) in [7, 11) is 0. The molecule has 64 valence electrons. The van der Waals surface area contributed by atoms with E-state index < -0.39 is 11.6 Å². The van der Waals surface area contributed by atoms with Crippen LogP contribution in [0.4, 0.5) is 8.78 Å². The first kappa shape index (κ1) is 8.71. The highest BCUT2D eigenvalue weighted by molar-refractivity contribution is 5.25. The topological polar surface area (TPSA) is 9.23 Å². The lowest BCUT2D eigenvalue weighted by Gasteiger charge is -2.04. The molecule has 0 aromatic heterocycles. The molecule has 0 spiro atoms. The van der Waals surface area contributed by atoms with Gasteiger partial charge in [-0.25, -0.2) is 8.78 Å². The Kier molecular flexibility index (Phi) is 2.43. The summed E-state index contributed by atoms with van der Waals surface area (Å²) in [6.07, 6.45) is 0. The van der Waals surface area contributed by atoms with Crippen LogP contribution in [0, 0.1) is 11.6 Å². The molecule has 0 aliphatic rings. The van der Waals surface area contributed by atoms with Gasteiger partial charge in [0, 0.05) is 6.07 Å². The van der Waals surface area contributed by atoms with Gasteiger partial charge in [-0.1, -0.05) is 6.58 Å². The Balaban J connectivity index is 2.93. The first-order valence-electron chi connectivity index (χ1n) is 3.38. The average molecular weight is 170 g/mol. The summed E-state index contributed by atoms with van der Waals surface area (Å²) in [5.74, 6) is -0.996. The smallest absolute Gasteiger partial charge is 0.168 e. The van der Waals surface area contributed by atoms with Crippen molar-refractivity contribution in [3.63, 3.8) is 0 Å². The van der Waals surface area contributed by atoms with E-state index in [1.54, 1.807) is 6.92 Å². The van der Waals surface area contributed by atoms with Crippen molar-refractivity contribution in [3.05, 3.63) is 42.2 Å². The third-order valence-corrected chi connectivity index (χ3v) is 1.18. The Morgan fingerprint density at radius 2 is 2.08 bits per heavy atom. The molecule has 0 N–H and O–H groups in total. The van der Waals surface area contributed by atoms with Gasteiger partial charge in [-0.15, -0.1) is 0 Å². The monoisotopic (exact) mass is 170 g/mol. The molecule has 1 rings (SSSR count). The molecule has 0 atom stereocenters. The van der Waals surface area contributed by atoms with Gasteiger partial charge in [0.2, 0.25) is 0 Å². The van der Waals surface area contributed by atoms with Crippen LogP contribution < -0.4 is 4.74 Å². The number of benzene rings is 1. The predicted octanol–water partition coefficient (Wildman–Crippen LogP) is 2.88. The molecule has 0 radical (unpaired) electrons. The first-order valence-corrected chi connectivity index (χ1v) is 3.38. The van der Waals surface area contributed by atoms with Gasteiger partial charge in [-0.05, 0) is 19.1 Å². The van der Waals surface area contributed by atoms with E-state index in [4.69, 9.17) is 4.74 Å². The van der Waals surface area contributed by atoms with Crippen molar-refractivity contribution in [1.82, 2.24) is 0 Å². The van der Waals surface area contributed by atoms with Crippen LogP contribution in [0.1, 0.15) is 6.92 Å². The van der Waals surface area contributed by atoms with Crippen molar-refractivity contribution in [3.8, 4) is 5.75 Å². The molecule has 0 saturated carbocycles. The summed E-state index contributed by atoms with van der Waals surface area (Å²) in [6.45, 7) is 5.02. The van der Waals surface area contributed by atoms with E-state index in [-0.39, 0.29) is 5.75 Å². The van der Waals surface area contributed by atoms with Crippen molar-refractivity contribution in [2.75, 3.05) is 0 Å². The van der Waals surface area contributed by atoms with E-state index in [2.05, 4.69) is 6.58 Å². The van der Waals surface area contributed by atoms with Gasteiger partial charge in [0.25, 0.3) is 0 Å². The molecule has 3 heteroatoms. The second-order valence-electron chi connectivity index (χ2n) is 2.38. The summed E-state index contributed by atoms with van der Waals surface area (Å²) in [5, 5.41) is 0. The Morgan fingerprint density at radius 3 is 2.58 bits per heavy atom. The highest BCUT2D eigenvalue weighted by Gasteiger charge is 2.03. The maximum absolute atomic E-state index is 12.8. The fourth-order valence-corrected chi connectivity index (χ4v) is 0.746. The van der Waals surface area contributed by atoms with Gasteiger partial charge in [0.05, 0.1) is 5.76 Å². The standard InChI is InChI=1S/C9H8F2O/c1-6(2)12-9-4-3-7(10)5-8(9)11/h3-5H,1H2,2H3. The highest BCUT2D eigenvalue weighted by atomic mass is 19.1. The molecule has 0 amide bonds. The molecule has 0 unspecified atom stereocenters. The molecular formula is C9H8F2O. The van der Waals surface area contributed by atoms with Crippen LogP contribution in [0.5, 0.6) is 5.75 Å². The van der Waals surface area contributed by atoms with Gasteiger partial charge >= 0.3 is 0 Å². The van der Waals surface area contributed by atoms with Crippen LogP contribution >= 0.6 is 0 Å². The predicted molar refractivity (Wildman–Crippen MR) is 41.8 cm³/mol. The third-order valence-electron chi connectivity index (χ3n) is 1.18. The minimum Gasteiger partial charge on any atom is -0.460 e. The first-order chi connectivity index (χ1) is 5.59. The Bertz CT molecular complexity index is 307. The van der Waals surface area contributed by atoms with Gasteiger partial charge in [0.15, 0.2) is 11.6 Å². The molecule has 1 aromatic rings. The van der Waals surface area contributed by atoms with Crippen LogP contribution in [-0.2, 0) is 0 Å². The Hall–Kier alpha value is -1.38. The number of halogens is 2. The SMILES string of the molecule is C=C(C)Oc1ccc(F)cc1F. The van der Waals surface area contributed by atoms with E-state index in [0.29, 0.717) is 5.76 Å². The number of hydrogen-bond donors (Lipinski definition) is 0. The molecule has 1 nitrogen and oxygen atoms in total. The molecule has 0 saturated heterocycles. The molecule has 0 aliphatic heterocycles. The zero-order chi connectivity index (χ0) is 9.14. The Labute approximate surface area is 69.3 Å². The van der Waals surface area contributed by atoms with Gasteiger partial charge in [-0.2, -0.15) is 0 Å². The van der Waals surface area contributed by atoms with E-state index in [1.165, 1.54) is 6.07 Å². The number of rotatable bonds is 2. The molecule has 0 fully saturated rings. The largest absolute Gasteiger partial charge is 0.460 e. The summed E-state index contributed by atoms with van der Waals surface area (Å²) < 4.78 is 30.0. The molecule has 0 aliphatic carbocycles. The minimum absolute atomic E-state index is 0.0103. The number of allylic oxidation sites excluding steroid dienone is 1. The van der Waals surface area contributed by atoms with Crippen LogP contribution in [0.25, 0.3) is 0 Å². The second-order valence-corrected chi connectivity index (χ2v) is 2.38. The fourth-order valence-electron chi connectivity index (χ4n) is 0.746. The quantitative estimate of drug-likeness (QED) is 0.620. The lowest BCUT2D eigenvalue weighted by Crippen LogP contribution is -1.92. The van der Waals surface area contributed by atoms with Gasteiger partial charge in [-0.3, -0.25) is 0 Å². The van der Waals surface area contributed by atoms with Crippen molar-refractivity contribution < 1.29 is 13.5 Å². The summed E-state index contributed by atoms with van der Waals surface area (Å²) >= 11 is 0. The molecule has 0 bridgehead atoms. The maximum atomic E-state index is 12.8. The average Bonchev–Trinajstić information content (AvgIpc) is 1.94.